The highest BCUT2D eigenvalue weighted by molar-refractivity contribution is 7.07. The van der Waals surface area contributed by atoms with Crippen molar-refractivity contribution in [3.05, 3.63) is 56.7 Å². The molecule has 0 aliphatic rings. The highest BCUT2D eigenvalue weighted by Crippen LogP contribution is 2.16. The molecular formula is C17H16FN3O4S. The van der Waals surface area contributed by atoms with Crippen LogP contribution in [0.4, 0.5) is 4.39 Å². The zero-order valence-electron chi connectivity index (χ0n) is 14.0. The smallest absolute Gasteiger partial charge is 0.307 e. The van der Waals surface area contributed by atoms with Crippen LogP contribution < -0.4 is 4.87 Å². The summed E-state index contributed by atoms with van der Waals surface area (Å²) in [6.07, 6.45) is 0.326. The van der Waals surface area contributed by atoms with Crippen molar-refractivity contribution in [2.75, 3.05) is 6.61 Å². The molecule has 3 rings (SSSR count). The first-order chi connectivity index (χ1) is 12.5. The van der Waals surface area contributed by atoms with Crippen molar-refractivity contribution < 1.29 is 18.4 Å². The molecule has 136 valence electrons. The summed E-state index contributed by atoms with van der Waals surface area (Å²) >= 11 is 1.12. The van der Waals surface area contributed by atoms with E-state index < -0.39 is 5.97 Å². The second-order valence-corrected chi connectivity index (χ2v) is 6.35. The van der Waals surface area contributed by atoms with Crippen LogP contribution >= 0.6 is 11.3 Å². The largest absolute Gasteiger partial charge is 0.464 e. The van der Waals surface area contributed by atoms with Gasteiger partial charge in [0.2, 0.25) is 11.7 Å². The number of carbonyl (C=O) groups excluding carboxylic acids is 1. The quantitative estimate of drug-likeness (QED) is 0.588. The van der Waals surface area contributed by atoms with Crippen LogP contribution in [0.2, 0.25) is 0 Å². The summed E-state index contributed by atoms with van der Waals surface area (Å²) in [5.41, 5.74) is 1.47. The molecule has 0 bridgehead atoms. The van der Waals surface area contributed by atoms with Crippen molar-refractivity contribution in [3.63, 3.8) is 0 Å². The molecule has 0 spiro atoms. The Labute approximate surface area is 152 Å². The number of aryl methyl sites for hydroxylation is 2. The van der Waals surface area contributed by atoms with E-state index in [1.807, 2.05) is 6.92 Å². The lowest BCUT2D eigenvalue weighted by Crippen LogP contribution is -2.19. The summed E-state index contributed by atoms with van der Waals surface area (Å²) in [5, 5.41) is 5.57. The van der Waals surface area contributed by atoms with Gasteiger partial charge in [-0.15, -0.1) is 0 Å². The van der Waals surface area contributed by atoms with Gasteiger partial charge in [-0.05, 0) is 31.2 Å². The monoisotopic (exact) mass is 377 g/mol. The van der Waals surface area contributed by atoms with Crippen LogP contribution in [0.5, 0.6) is 0 Å². The predicted molar refractivity (Wildman–Crippen MR) is 92.3 cm³/mol. The molecule has 1 aromatic carbocycles. The number of rotatable bonds is 7. The summed E-state index contributed by atoms with van der Waals surface area (Å²) in [7, 11) is 0. The van der Waals surface area contributed by atoms with Crippen molar-refractivity contribution >= 4 is 17.3 Å². The molecule has 0 radical (unpaired) electrons. The molecule has 0 N–H and O–H groups in total. The van der Waals surface area contributed by atoms with Crippen LogP contribution in [0.15, 0.2) is 39.0 Å². The van der Waals surface area contributed by atoms with Gasteiger partial charge >= 0.3 is 10.8 Å². The third-order valence-electron chi connectivity index (χ3n) is 3.67. The highest BCUT2D eigenvalue weighted by atomic mass is 32.1. The SMILES string of the molecule is Cc1csc(=O)n1CCOC(=O)CCc1nc(-c2ccc(F)cc2)no1. The molecule has 26 heavy (non-hydrogen) atoms. The molecule has 0 saturated heterocycles. The van der Waals surface area contributed by atoms with Crippen LogP contribution in [0.25, 0.3) is 11.4 Å². The van der Waals surface area contributed by atoms with E-state index in [4.69, 9.17) is 9.26 Å². The van der Waals surface area contributed by atoms with E-state index in [1.54, 1.807) is 22.1 Å². The predicted octanol–water partition coefficient (Wildman–Crippen LogP) is 2.58. The maximum atomic E-state index is 12.9. The number of ether oxygens (including phenoxy) is 1. The Hall–Kier alpha value is -2.81. The molecule has 0 aliphatic carbocycles. The van der Waals surface area contributed by atoms with Gasteiger partial charge in [0.05, 0.1) is 13.0 Å². The Balaban J connectivity index is 1.46. The minimum Gasteiger partial charge on any atom is -0.464 e. The van der Waals surface area contributed by atoms with Gasteiger partial charge < -0.3 is 9.26 Å². The van der Waals surface area contributed by atoms with Crippen LogP contribution in [0.1, 0.15) is 18.0 Å². The molecule has 0 amide bonds. The molecule has 9 heteroatoms. The number of esters is 1. The van der Waals surface area contributed by atoms with Gasteiger partial charge in [0.1, 0.15) is 12.4 Å². The number of thiazole rings is 1. The number of halogens is 1. The lowest BCUT2D eigenvalue weighted by atomic mass is 10.2. The Kier molecular flexibility index (Phi) is 5.57. The maximum absolute atomic E-state index is 12.9. The first-order valence-electron chi connectivity index (χ1n) is 7.92. The van der Waals surface area contributed by atoms with Gasteiger partial charge in [0.25, 0.3) is 0 Å². The van der Waals surface area contributed by atoms with Gasteiger partial charge in [-0.2, -0.15) is 4.98 Å². The first kappa shape index (κ1) is 18.0. The summed E-state index contributed by atoms with van der Waals surface area (Å²) in [6, 6.07) is 5.71. The van der Waals surface area contributed by atoms with Crippen LogP contribution in [-0.2, 0) is 22.5 Å². The molecule has 2 aromatic heterocycles. The van der Waals surface area contributed by atoms with Gasteiger partial charge in [-0.1, -0.05) is 16.5 Å². The maximum Gasteiger partial charge on any atom is 0.307 e. The molecule has 7 nitrogen and oxygen atoms in total. The summed E-state index contributed by atoms with van der Waals surface area (Å²) in [6.45, 7) is 2.28. The fourth-order valence-electron chi connectivity index (χ4n) is 2.28. The Morgan fingerprint density at radius 2 is 2.12 bits per heavy atom. The minimum atomic E-state index is -0.410. The fraction of sp³-hybridized carbons (Fsp3) is 0.294. The Morgan fingerprint density at radius 1 is 1.35 bits per heavy atom. The molecule has 3 aromatic rings. The van der Waals surface area contributed by atoms with E-state index in [0.29, 0.717) is 23.8 Å². The van der Waals surface area contributed by atoms with Crippen molar-refractivity contribution in [2.45, 2.75) is 26.3 Å². The van der Waals surface area contributed by atoms with E-state index >= 15 is 0 Å². The zero-order chi connectivity index (χ0) is 18.5. The molecule has 0 unspecified atom stereocenters. The topological polar surface area (TPSA) is 87.2 Å². The second-order valence-electron chi connectivity index (χ2n) is 5.53. The Morgan fingerprint density at radius 3 is 2.81 bits per heavy atom. The summed E-state index contributed by atoms with van der Waals surface area (Å²) in [4.78, 5) is 27.5. The second kappa shape index (κ2) is 8.05. The lowest BCUT2D eigenvalue weighted by Gasteiger charge is -2.05. The van der Waals surface area contributed by atoms with E-state index in [0.717, 1.165) is 17.0 Å². The molecule has 2 heterocycles. The zero-order valence-corrected chi connectivity index (χ0v) is 14.8. The Bertz CT molecular complexity index is 946. The summed E-state index contributed by atoms with van der Waals surface area (Å²) < 4.78 is 24.7. The van der Waals surface area contributed by atoms with Crippen LogP contribution in [-0.4, -0.2) is 27.3 Å². The third kappa shape index (κ3) is 4.42. The summed E-state index contributed by atoms with van der Waals surface area (Å²) in [5.74, 6) is -0.126. The van der Waals surface area contributed by atoms with Crippen molar-refractivity contribution in [1.29, 1.82) is 0 Å². The molecule has 0 aliphatic heterocycles. The molecular weight excluding hydrogens is 361 g/mol. The number of hydrogen-bond donors (Lipinski definition) is 0. The van der Waals surface area contributed by atoms with E-state index in [2.05, 4.69) is 10.1 Å². The van der Waals surface area contributed by atoms with Gasteiger partial charge in [0, 0.05) is 23.1 Å². The van der Waals surface area contributed by atoms with Crippen molar-refractivity contribution in [1.82, 2.24) is 14.7 Å². The van der Waals surface area contributed by atoms with Gasteiger partial charge in [0.15, 0.2) is 0 Å². The highest BCUT2D eigenvalue weighted by Gasteiger charge is 2.12. The molecule has 0 fully saturated rings. The average molecular weight is 377 g/mol. The van der Waals surface area contributed by atoms with Crippen molar-refractivity contribution in [2.24, 2.45) is 0 Å². The third-order valence-corrected chi connectivity index (χ3v) is 4.55. The lowest BCUT2D eigenvalue weighted by molar-refractivity contribution is -0.144. The normalized spacial score (nSPS) is 10.8. The number of benzene rings is 1. The van der Waals surface area contributed by atoms with E-state index in [-0.39, 0.29) is 30.1 Å². The minimum absolute atomic E-state index is 0.0715. The number of hydrogen-bond acceptors (Lipinski definition) is 7. The van der Waals surface area contributed by atoms with Gasteiger partial charge in [-0.25, -0.2) is 4.39 Å². The van der Waals surface area contributed by atoms with Crippen LogP contribution in [0, 0.1) is 12.7 Å². The van der Waals surface area contributed by atoms with Crippen LogP contribution in [0.3, 0.4) is 0 Å². The van der Waals surface area contributed by atoms with Crippen molar-refractivity contribution in [3.8, 4) is 11.4 Å². The fourth-order valence-corrected chi connectivity index (χ4v) is 3.04. The van der Waals surface area contributed by atoms with Gasteiger partial charge in [-0.3, -0.25) is 14.2 Å². The number of aromatic nitrogens is 3. The average Bonchev–Trinajstić information content (AvgIpc) is 3.22. The standard InChI is InChI=1S/C17H16FN3O4S/c1-11-10-26-17(23)21(11)8-9-24-15(22)7-6-14-19-16(20-25-14)12-2-4-13(18)5-3-12/h2-5,10H,6-9H2,1H3. The molecule has 0 saturated carbocycles. The first-order valence-corrected chi connectivity index (χ1v) is 8.80. The molecule has 0 atom stereocenters. The van der Waals surface area contributed by atoms with E-state index in [1.165, 1.54) is 12.1 Å². The number of carbonyl (C=O) groups is 1. The number of nitrogens with zero attached hydrogens (tertiary/aromatic N) is 3. The van der Waals surface area contributed by atoms with E-state index in [9.17, 15) is 14.0 Å².